The molecule has 1 saturated carbocycles. The highest BCUT2D eigenvalue weighted by Gasteiger charge is 2.57. The van der Waals surface area contributed by atoms with E-state index in [9.17, 15) is 9.59 Å². The van der Waals surface area contributed by atoms with E-state index in [1.165, 1.54) is 0 Å². The Bertz CT molecular complexity index is 446. The number of rotatable bonds is 5. The summed E-state index contributed by atoms with van der Waals surface area (Å²) in [5, 5.41) is 0. The van der Waals surface area contributed by atoms with Gasteiger partial charge in [0.25, 0.3) is 0 Å². The molecule has 3 fully saturated rings. The number of alkyl halides is 2. The molecule has 2 aliphatic heterocycles. The van der Waals surface area contributed by atoms with Crippen molar-refractivity contribution < 1.29 is 14.3 Å². The second-order valence-corrected chi connectivity index (χ2v) is 8.00. The summed E-state index contributed by atoms with van der Waals surface area (Å²) in [6.45, 7) is 2.88. The highest BCUT2D eigenvalue weighted by atomic mass is 35.5. The molecule has 1 aliphatic carbocycles. The van der Waals surface area contributed by atoms with E-state index in [0.717, 1.165) is 45.4 Å². The maximum absolute atomic E-state index is 12.6. The van der Waals surface area contributed by atoms with Crippen LogP contribution in [0.25, 0.3) is 0 Å². The van der Waals surface area contributed by atoms with Crippen LogP contribution in [0.5, 0.6) is 0 Å². The van der Waals surface area contributed by atoms with Crippen LogP contribution < -0.4 is 0 Å². The Balaban J connectivity index is 1.62. The summed E-state index contributed by atoms with van der Waals surface area (Å²) in [5.74, 6) is -0.490. The van der Waals surface area contributed by atoms with E-state index in [0.29, 0.717) is 13.0 Å². The molecule has 3 rings (SSSR count). The molecule has 0 bridgehead atoms. The van der Waals surface area contributed by atoms with Gasteiger partial charge in [0, 0.05) is 26.2 Å². The minimum Gasteiger partial charge on any atom is -0.376 e. The van der Waals surface area contributed by atoms with Crippen LogP contribution in [0.1, 0.15) is 32.1 Å². The molecule has 0 radical (unpaired) electrons. The molecule has 7 heteroatoms. The SMILES string of the molecule is O=C(CN(CC1CCCO1)C(=O)C1CC1(Cl)Cl)N1CCCC1. The Morgan fingerprint density at radius 2 is 1.91 bits per heavy atom. The van der Waals surface area contributed by atoms with Gasteiger partial charge in [-0.25, -0.2) is 0 Å². The van der Waals surface area contributed by atoms with Crippen molar-refractivity contribution in [1.29, 1.82) is 0 Å². The van der Waals surface area contributed by atoms with Gasteiger partial charge >= 0.3 is 0 Å². The number of hydrogen-bond acceptors (Lipinski definition) is 3. The Labute approximate surface area is 140 Å². The first-order valence-corrected chi connectivity index (χ1v) is 8.79. The molecule has 2 saturated heterocycles. The first-order chi connectivity index (χ1) is 10.5. The predicted molar refractivity (Wildman–Crippen MR) is 83.9 cm³/mol. The van der Waals surface area contributed by atoms with Crippen LogP contribution in [0.3, 0.4) is 0 Å². The number of ether oxygens (including phenoxy) is 1. The van der Waals surface area contributed by atoms with Crippen molar-refractivity contribution in [2.45, 2.75) is 42.5 Å². The minimum absolute atomic E-state index is 0.0132. The van der Waals surface area contributed by atoms with E-state index >= 15 is 0 Å². The van der Waals surface area contributed by atoms with Crippen molar-refractivity contribution in [3.05, 3.63) is 0 Å². The van der Waals surface area contributed by atoms with E-state index in [4.69, 9.17) is 27.9 Å². The van der Waals surface area contributed by atoms with Gasteiger partial charge in [-0.3, -0.25) is 9.59 Å². The maximum Gasteiger partial charge on any atom is 0.242 e. The van der Waals surface area contributed by atoms with Crippen molar-refractivity contribution in [3.63, 3.8) is 0 Å². The number of halogens is 2. The molecule has 0 spiro atoms. The summed E-state index contributed by atoms with van der Waals surface area (Å²) < 4.78 is 4.65. The van der Waals surface area contributed by atoms with Gasteiger partial charge in [-0.05, 0) is 32.1 Å². The topological polar surface area (TPSA) is 49.9 Å². The zero-order valence-corrected chi connectivity index (χ0v) is 14.1. The van der Waals surface area contributed by atoms with Crippen LogP contribution in [0, 0.1) is 5.92 Å². The van der Waals surface area contributed by atoms with Crippen LogP contribution in [-0.2, 0) is 14.3 Å². The van der Waals surface area contributed by atoms with E-state index in [2.05, 4.69) is 0 Å². The molecular formula is C15H22Cl2N2O3. The number of carbonyl (C=O) groups is 2. The minimum atomic E-state index is -0.956. The molecule has 2 amide bonds. The van der Waals surface area contributed by atoms with Crippen molar-refractivity contribution in [2.24, 2.45) is 5.92 Å². The third kappa shape index (κ3) is 3.69. The van der Waals surface area contributed by atoms with Gasteiger partial charge in [-0.2, -0.15) is 0 Å². The maximum atomic E-state index is 12.6. The third-order valence-corrected chi connectivity index (χ3v) is 5.50. The van der Waals surface area contributed by atoms with Crippen molar-refractivity contribution in [2.75, 3.05) is 32.8 Å². The van der Waals surface area contributed by atoms with Gasteiger partial charge in [-0.1, -0.05) is 0 Å². The van der Waals surface area contributed by atoms with Gasteiger partial charge in [0.2, 0.25) is 11.8 Å². The average Bonchev–Trinajstić information content (AvgIpc) is 2.97. The van der Waals surface area contributed by atoms with Crippen LogP contribution >= 0.6 is 23.2 Å². The largest absolute Gasteiger partial charge is 0.376 e. The lowest BCUT2D eigenvalue weighted by Crippen LogP contribution is -2.46. The standard InChI is InChI=1S/C15H22Cl2N2O3/c16-15(17)8-12(15)14(21)19(9-11-4-3-7-22-11)10-13(20)18-5-1-2-6-18/h11-12H,1-10H2. The second-order valence-electron chi connectivity index (χ2n) is 6.46. The highest BCUT2D eigenvalue weighted by Crippen LogP contribution is 2.53. The van der Waals surface area contributed by atoms with Crippen molar-refractivity contribution in [1.82, 2.24) is 9.80 Å². The summed E-state index contributed by atoms with van der Waals surface area (Å²) in [6.07, 6.45) is 4.51. The summed E-state index contributed by atoms with van der Waals surface area (Å²) in [6, 6.07) is 0. The Morgan fingerprint density at radius 1 is 1.23 bits per heavy atom. The summed E-state index contributed by atoms with van der Waals surface area (Å²) in [4.78, 5) is 28.4. The number of nitrogens with zero attached hydrogens (tertiary/aromatic N) is 2. The molecule has 0 aromatic heterocycles. The van der Waals surface area contributed by atoms with Gasteiger partial charge in [0.05, 0.1) is 18.6 Å². The summed E-state index contributed by atoms with van der Waals surface area (Å²) >= 11 is 12.0. The Morgan fingerprint density at radius 3 is 2.45 bits per heavy atom. The molecule has 2 heterocycles. The van der Waals surface area contributed by atoms with Crippen LogP contribution in [0.15, 0.2) is 0 Å². The second kappa shape index (κ2) is 6.54. The zero-order valence-electron chi connectivity index (χ0n) is 12.6. The van der Waals surface area contributed by atoms with Gasteiger partial charge in [0.15, 0.2) is 0 Å². The van der Waals surface area contributed by atoms with Crippen molar-refractivity contribution >= 4 is 35.0 Å². The Hall–Kier alpha value is -0.520. The molecule has 124 valence electrons. The fourth-order valence-corrected chi connectivity index (χ4v) is 3.69. The molecule has 2 atom stereocenters. The lowest BCUT2D eigenvalue weighted by Gasteiger charge is -2.27. The van der Waals surface area contributed by atoms with Crippen molar-refractivity contribution in [3.8, 4) is 0 Å². The fraction of sp³-hybridized carbons (Fsp3) is 0.867. The average molecular weight is 349 g/mol. The summed E-state index contributed by atoms with van der Waals surface area (Å²) in [7, 11) is 0. The number of amides is 2. The fourth-order valence-electron chi connectivity index (χ4n) is 3.20. The number of hydrogen-bond donors (Lipinski definition) is 0. The quantitative estimate of drug-likeness (QED) is 0.712. The molecule has 0 aromatic carbocycles. The smallest absolute Gasteiger partial charge is 0.242 e. The monoisotopic (exact) mass is 348 g/mol. The lowest BCUT2D eigenvalue weighted by molar-refractivity contribution is -0.142. The van der Waals surface area contributed by atoms with E-state index in [-0.39, 0.29) is 30.4 Å². The predicted octanol–water partition coefficient (Wildman–Crippen LogP) is 1.81. The number of likely N-dealkylation sites (tertiary alicyclic amines) is 1. The van der Waals surface area contributed by atoms with E-state index in [1.807, 2.05) is 4.90 Å². The molecule has 2 unspecified atom stereocenters. The first kappa shape index (κ1) is 16.3. The summed E-state index contributed by atoms with van der Waals surface area (Å²) in [5.41, 5.74) is 0. The van der Waals surface area contributed by atoms with E-state index in [1.54, 1.807) is 4.90 Å². The number of carbonyl (C=O) groups excluding carboxylic acids is 2. The Kier molecular flexibility index (Phi) is 4.86. The lowest BCUT2D eigenvalue weighted by atomic mass is 10.2. The van der Waals surface area contributed by atoms with E-state index < -0.39 is 4.33 Å². The molecule has 3 aliphatic rings. The normalized spacial score (nSPS) is 29.6. The molecule has 22 heavy (non-hydrogen) atoms. The van der Waals surface area contributed by atoms with Gasteiger partial charge in [-0.15, -0.1) is 23.2 Å². The van der Waals surface area contributed by atoms with Gasteiger partial charge in [0.1, 0.15) is 4.33 Å². The van der Waals surface area contributed by atoms with Crippen LogP contribution in [0.2, 0.25) is 0 Å². The zero-order chi connectivity index (χ0) is 15.7. The van der Waals surface area contributed by atoms with Crippen LogP contribution in [0.4, 0.5) is 0 Å². The molecule has 0 aromatic rings. The molecule has 0 N–H and O–H groups in total. The third-order valence-electron chi connectivity index (χ3n) is 4.67. The first-order valence-electron chi connectivity index (χ1n) is 8.03. The van der Waals surface area contributed by atoms with Crippen LogP contribution in [-0.4, -0.2) is 64.8 Å². The molecular weight excluding hydrogens is 327 g/mol. The molecule has 5 nitrogen and oxygen atoms in total. The highest BCUT2D eigenvalue weighted by molar-refractivity contribution is 6.52. The van der Waals surface area contributed by atoms with Gasteiger partial charge < -0.3 is 14.5 Å².